The van der Waals surface area contributed by atoms with Gasteiger partial charge in [0.1, 0.15) is 0 Å². The van der Waals surface area contributed by atoms with E-state index in [1.54, 1.807) is 0 Å². The topological polar surface area (TPSA) is 55.8 Å². The summed E-state index contributed by atoms with van der Waals surface area (Å²) >= 11 is 0. The molecule has 1 heterocycles. The molecule has 1 fully saturated rings. The number of carbonyl (C=O) groups is 1. The summed E-state index contributed by atoms with van der Waals surface area (Å²) in [5.74, 6) is -0.0437. The van der Waals surface area contributed by atoms with Crippen molar-refractivity contribution in [3.63, 3.8) is 0 Å². The van der Waals surface area contributed by atoms with E-state index in [2.05, 4.69) is 22.0 Å². The molecule has 1 aliphatic rings. The van der Waals surface area contributed by atoms with Gasteiger partial charge >= 0.3 is 0 Å². The number of aliphatic hydroxyl groups is 1. The van der Waals surface area contributed by atoms with E-state index in [4.69, 9.17) is 5.11 Å². The van der Waals surface area contributed by atoms with Gasteiger partial charge in [0.05, 0.1) is 0 Å². The van der Waals surface area contributed by atoms with Gasteiger partial charge in [0.15, 0.2) is 0 Å². The first-order chi connectivity index (χ1) is 11.1. The molecule has 1 aromatic rings. The van der Waals surface area contributed by atoms with Crippen molar-refractivity contribution in [1.29, 1.82) is 0 Å². The van der Waals surface area contributed by atoms with Crippen LogP contribution in [0.25, 0.3) is 0 Å². The molecule has 1 saturated heterocycles. The number of likely N-dealkylation sites (N-methyl/N-ethyl adjacent to an activating group) is 1. The Morgan fingerprint density at radius 2 is 1.87 bits per heavy atom. The second-order valence-electron chi connectivity index (χ2n) is 6.21. The summed E-state index contributed by atoms with van der Waals surface area (Å²) < 4.78 is 0. The molecule has 0 spiro atoms. The van der Waals surface area contributed by atoms with E-state index >= 15 is 0 Å². The Bertz CT molecular complexity index is 482. The molecule has 0 bridgehead atoms. The Morgan fingerprint density at radius 3 is 2.43 bits per heavy atom. The molecule has 0 saturated carbocycles. The quantitative estimate of drug-likeness (QED) is 0.803. The van der Waals surface area contributed by atoms with Gasteiger partial charge in [0.2, 0.25) is 0 Å². The molecule has 1 atom stereocenters. The highest BCUT2D eigenvalue weighted by Gasteiger charge is 2.16. The SMILES string of the molecule is CCN1CCN(c2ccc(C(=O)NC(C)CCCO)cc2)CC1. The van der Waals surface area contributed by atoms with Crippen LogP contribution in [0.15, 0.2) is 24.3 Å². The molecule has 1 aliphatic heterocycles. The fraction of sp³-hybridized carbons (Fsp3) is 0.611. The van der Waals surface area contributed by atoms with Gasteiger partial charge in [-0.1, -0.05) is 6.92 Å². The van der Waals surface area contributed by atoms with Crippen LogP contribution in [0, 0.1) is 0 Å². The summed E-state index contributed by atoms with van der Waals surface area (Å²) in [5.41, 5.74) is 1.88. The van der Waals surface area contributed by atoms with Gasteiger partial charge in [-0.05, 0) is 50.6 Å². The summed E-state index contributed by atoms with van der Waals surface area (Å²) in [4.78, 5) is 17.0. The Balaban J connectivity index is 1.88. The minimum atomic E-state index is -0.0437. The van der Waals surface area contributed by atoms with Gasteiger partial charge in [-0.25, -0.2) is 0 Å². The predicted octanol–water partition coefficient (Wildman–Crippen LogP) is 1.72. The van der Waals surface area contributed by atoms with Gasteiger partial charge in [-0.2, -0.15) is 0 Å². The number of amides is 1. The molecule has 128 valence electrons. The maximum absolute atomic E-state index is 12.2. The second-order valence-corrected chi connectivity index (χ2v) is 6.21. The molecule has 1 amide bonds. The van der Waals surface area contributed by atoms with Crippen molar-refractivity contribution in [2.24, 2.45) is 0 Å². The molecular formula is C18H29N3O2. The number of carbonyl (C=O) groups excluding carboxylic acids is 1. The zero-order valence-corrected chi connectivity index (χ0v) is 14.3. The molecule has 5 heteroatoms. The normalized spacial score (nSPS) is 17.1. The fourth-order valence-corrected chi connectivity index (χ4v) is 2.92. The van der Waals surface area contributed by atoms with Gasteiger partial charge in [-0.15, -0.1) is 0 Å². The Kier molecular flexibility index (Phi) is 6.86. The number of nitrogens with one attached hydrogen (secondary N) is 1. The van der Waals surface area contributed by atoms with Crippen LogP contribution in [0.3, 0.4) is 0 Å². The summed E-state index contributed by atoms with van der Waals surface area (Å²) in [6.07, 6.45) is 1.51. The molecule has 1 unspecified atom stereocenters. The highest BCUT2D eigenvalue weighted by Crippen LogP contribution is 2.17. The van der Waals surface area contributed by atoms with E-state index < -0.39 is 0 Å². The van der Waals surface area contributed by atoms with Gasteiger partial charge in [0, 0.05) is 50.1 Å². The van der Waals surface area contributed by atoms with Crippen molar-refractivity contribution in [1.82, 2.24) is 10.2 Å². The first-order valence-corrected chi connectivity index (χ1v) is 8.63. The minimum Gasteiger partial charge on any atom is -0.396 e. The number of hydrogen-bond donors (Lipinski definition) is 2. The van der Waals surface area contributed by atoms with Crippen LogP contribution in [0.4, 0.5) is 5.69 Å². The largest absolute Gasteiger partial charge is 0.396 e. The molecule has 1 aromatic carbocycles. The van der Waals surface area contributed by atoms with Crippen LogP contribution >= 0.6 is 0 Å². The lowest BCUT2D eigenvalue weighted by Crippen LogP contribution is -2.46. The van der Waals surface area contributed by atoms with Crippen molar-refractivity contribution in [3.05, 3.63) is 29.8 Å². The molecule has 0 aliphatic carbocycles. The average Bonchev–Trinajstić information content (AvgIpc) is 2.60. The van der Waals surface area contributed by atoms with Crippen molar-refractivity contribution in [2.75, 3.05) is 44.2 Å². The first kappa shape index (κ1) is 17.8. The number of rotatable bonds is 7. The number of benzene rings is 1. The van der Waals surface area contributed by atoms with E-state index in [-0.39, 0.29) is 18.6 Å². The van der Waals surface area contributed by atoms with Gasteiger partial charge in [-0.3, -0.25) is 4.79 Å². The monoisotopic (exact) mass is 319 g/mol. The Labute approximate surface area is 139 Å². The number of aliphatic hydroxyl groups excluding tert-OH is 1. The Hall–Kier alpha value is -1.59. The van der Waals surface area contributed by atoms with Crippen LogP contribution in [0.1, 0.15) is 37.0 Å². The van der Waals surface area contributed by atoms with E-state index in [1.165, 1.54) is 5.69 Å². The molecule has 23 heavy (non-hydrogen) atoms. The Morgan fingerprint density at radius 1 is 1.22 bits per heavy atom. The van der Waals surface area contributed by atoms with E-state index in [0.717, 1.165) is 39.1 Å². The van der Waals surface area contributed by atoms with Crippen LogP contribution < -0.4 is 10.2 Å². The van der Waals surface area contributed by atoms with Crippen molar-refractivity contribution in [3.8, 4) is 0 Å². The lowest BCUT2D eigenvalue weighted by Gasteiger charge is -2.35. The first-order valence-electron chi connectivity index (χ1n) is 8.63. The zero-order chi connectivity index (χ0) is 16.7. The smallest absolute Gasteiger partial charge is 0.251 e. The van der Waals surface area contributed by atoms with E-state index in [9.17, 15) is 4.79 Å². The molecule has 2 N–H and O–H groups in total. The third kappa shape index (κ3) is 5.22. The lowest BCUT2D eigenvalue weighted by molar-refractivity contribution is 0.0936. The second kappa shape index (κ2) is 8.89. The number of nitrogens with zero attached hydrogens (tertiary/aromatic N) is 2. The molecule has 0 aromatic heterocycles. The summed E-state index contributed by atoms with van der Waals surface area (Å²) in [5, 5.41) is 11.8. The van der Waals surface area contributed by atoms with Crippen molar-refractivity contribution in [2.45, 2.75) is 32.7 Å². The zero-order valence-electron chi connectivity index (χ0n) is 14.3. The highest BCUT2D eigenvalue weighted by molar-refractivity contribution is 5.94. The van der Waals surface area contributed by atoms with E-state index in [1.807, 2.05) is 31.2 Å². The maximum Gasteiger partial charge on any atom is 0.251 e. The van der Waals surface area contributed by atoms with Crippen LogP contribution in [0.5, 0.6) is 0 Å². The number of anilines is 1. The summed E-state index contributed by atoms with van der Waals surface area (Å²) in [6, 6.07) is 7.95. The summed E-state index contributed by atoms with van der Waals surface area (Å²) in [7, 11) is 0. The molecule has 5 nitrogen and oxygen atoms in total. The molecular weight excluding hydrogens is 290 g/mol. The minimum absolute atomic E-state index is 0.0437. The van der Waals surface area contributed by atoms with E-state index in [0.29, 0.717) is 12.0 Å². The van der Waals surface area contributed by atoms with Crippen molar-refractivity contribution >= 4 is 11.6 Å². The molecule has 2 rings (SSSR count). The fourth-order valence-electron chi connectivity index (χ4n) is 2.92. The molecule has 0 radical (unpaired) electrons. The average molecular weight is 319 g/mol. The van der Waals surface area contributed by atoms with Gasteiger partial charge < -0.3 is 20.2 Å². The van der Waals surface area contributed by atoms with Crippen LogP contribution in [-0.4, -0.2) is 61.3 Å². The maximum atomic E-state index is 12.2. The van der Waals surface area contributed by atoms with Crippen molar-refractivity contribution < 1.29 is 9.90 Å². The number of piperazine rings is 1. The third-order valence-electron chi connectivity index (χ3n) is 4.49. The summed E-state index contributed by atoms with van der Waals surface area (Å²) in [6.45, 7) is 9.72. The predicted molar refractivity (Wildman–Crippen MR) is 94.0 cm³/mol. The third-order valence-corrected chi connectivity index (χ3v) is 4.49. The standard InChI is InChI=1S/C18H29N3O2/c1-3-20-10-12-21(13-11-20)17-8-6-16(7-9-17)18(23)19-15(2)5-4-14-22/h6-9,15,22H,3-5,10-14H2,1-2H3,(H,19,23). The van der Waals surface area contributed by atoms with Crippen LogP contribution in [-0.2, 0) is 0 Å². The lowest BCUT2D eigenvalue weighted by atomic mass is 10.1. The number of hydrogen-bond acceptors (Lipinski definition) is 4. The van der Waals surface area contributed by atoms with Crippen LogP contribution in [0.2, 0.25) is 0 Å². The van der Waals surface area contributed by atoms with Gasteiger partial charge in [0.25, 0.3) is 5.91 Å². The highest BCUT2D eigenvalue weighted by atomic mass is 16.3.